The number of hydrogen-bond donors (Lipinski definition) is 2. The molecule has 1 saturated heterocycles. The van der Waals surface area contributed by atoms with Crippen LogP contribution in [0, 0.1) is 11.7 Å². The van der Waals surface area contributed by atoms with Crippen molar-refractivity contribution in [2.75, 3.05) is 24.0 Å². The van der Waals surface area contributed by atoms with Gasteiger partial charge in [0.15, 0.2) is 0 Å². The number of carbonyl (C=O) groups excluding carboxylic acids is 2. The molecule has 0 radical (unpaired) electrons. The van der Waals surface area contributed by atoms with Gasteiger partial charge in [-0.15, -0.1) is 0 Å². The molecule has 35 heavy (non-hydrogen) atoms. The second-order valence-electron chi connectivity index (χ2n) is 7.85. The number of hydrogen-bond acceptors (Lipinski definition) is 5. The molecule has 1 atom stereocenters. The van der Waals surface area contributed by atoms with E-state index in [1.807, 2.05) is 0 Å². The zero-order valence-electron chi connectivity index (χ0n) is 18.7. The first-order valence-corrected chi connectivity index (χ1v) is 11.5. The van der Waals surface area contributed by atoms with Crippen molar-refractivity contribution in [3.8, 4) is 11.5 Å². The lowest BCUT2D eigenvalue weighted by Crippen LogP contribution is -2.36. The molecule has 1 fully saturated rings. The van der Waals surface area contributed by atoms with Gasteiger partial charge in [0.05, 0.1) is 23.7 Å². The topological polar surface area (TPSA) is 79.9 Å². The molecule has 0 saturated carbocycles. The second-order valence-corrected chi connectivity index (χ2v) is 8.69. The maximum Gasteiger partial charge on any atom is 0.243 e. The molecule has 182 valence electrons. The molecule has 0 aromatic heterocycles. The highest BCUT2D eigenvalue weighted by Crippen LogP contribution is 2.30. The van der Waals surface area contributed by atoms with Crippen LogP contribution < -0.4 is 25.2 Å². The predicted octanol–water partition coefficient (Wildman–Crippen LogP) is 5.22. The Morgan fingerprint density at radius 1 is 1.14 bits per heavy atom. The summed E-state index contributed by atoms with van der Waals surface area (Å²) in [5.74, 6) is -0.548. The fourth-order valence-corrected chi connectivity index (χ4v) is 4.06. The minimum absolute atomic E-state index is 0.0736. The normalized spacial score (nSPS) is 15.1. The summed E-state index contributed by atoms with van der Waals surface area (Å²) in [5, 5.41) is 0.647. The molecular weight excluding hydrogens is 496 g/mol. The van der Waals surface area contributed by atoms with Crippen LogP contribution in [0.4, 0.5) is 15.8 Å². The Kier molecular flexibility index (Phi) is 7.63. The molecule has 1 aliphatic heterocycles. The number of nitrogens with zero attached hydrogens (tertiary/aromatic N) is 1. The van der Waals surface area contributed by atoms with Crippen LogP contribution in [0.15, 0.2) is 60.7 Å². The van der Waals surface area contributed by atoms with E-state index < -0.39 is 11.7 Å². The minimum atomic E-state index is -0.558. The summed E-state index contributed by atoms with van der Waals surface area (Å²) in [7, 11) is 1.56. The quantitative estimate of drug-likeness (QED) is 0.400. The second kappa shape index (κ2) is 10.8. The van der Waals surface area contributed by atoms with Crippen LogP contribution in [0.1, 0.15) is 12.0 Å². The standard InChI is InChI=1S/C25H22Cl2FN3O4/c1-34-18-8-6-17(7-9-18)31-13-15(11-24(31)32)25(33)30-29-22-12-16(26)5-10-23(22)35-14-19-20(27)3-2-4-21(19)28/h2-10,12,15,29H,11,13-14H2,1H3,(H,30,33)/t15-/m0/s1. The van der Waals surface area contributed by atoms with E-state index in [1.165, 1.54) is 12.1 Å². The largest absolute Gasteiger partial charge is 0.497 e. The lowest BCUT2D eigenvalue weighted by molar-refractivity contribution is -0.125. The van der Waals surface area contributed by atoms with Gasteiger partial charge in [-0.05, 0) is 54.6 Å². The van der Waals surface area contributed by atoms with Crippen molar-refractivity contribution in [2.45, 2.75) is 13.0 Å². The van der Waals surface area contributed by atoms with Gasteiger partial charge in [0.25, 0.3) is 0 Å². The maximum atomic E-state index is 14.1. The molecule has 0 bridgehead atoms. The van der Waals surface area contributed by atoms with Crippen LogP contribution in [0.2, 0.25) is 10.0 Å². The van der Waals surface area contributed by atoms with Gasteiger partial charge in [0.1, 0.15) is 23.9 Å². The minimum Gasteiger partial charge on any atom is -0.497 e. The van der Waals surface area contributed by atoms with E-state index in [1.54, 1.807) is 60.5 Å². The van der Waals surface area contributed by atoms with E-state index in [4.69, 9.17) is 32.7 Å². The van der Waals surface area contributed by atoms with Gasteiger partial charge in [-0.2, -0.15) is 0 Å². The molecule has 3 aromatic carbocycles. The monoisotopic (exact) mass is 517 g/mol. The van der Waals surface area contributed by atoms with Crippen LogP contribution >= 0.6 is 23.2 Å². The number of anilines is 2. The highest BCUT2D eigenvalue weighted by atomic mass is 35.5. The van der Waals surface area contributed by atoms with Crippen molar-refractivity contribution in [3.63, 3.8) is 0 Å². The van der Waals surface area contributed by atoms with Crippen LogP contribution in [-0.2, 0) is 16.2 Å². The molecule has 7 nitrogen and oxygen atoms in total. The van der Waals surface area contributed by atoms with E-state index in [-0.39, 0.29) is 42.0 Å². The van der Waals surface area contributed by atoms with Crippen LogP contribution in [0.5, 0.6) is 11.5 Å². The first-order chi connectivity index (χ1) is 16.9. The molecule has 3 aromatic rings. The van der Waals surface area contributed by atoms with Crippen molar-refractivity contribution in [1.82, 2.24) is 5.43 Å². The van der Waals surface area contributed by atoms with Crippen molar-refractivity contribution in [1.29, 1.82) is 0 Å². The molecule has 10 heteroatoms. The van der Waals surface area contributed by atoms with Gasteiger partial charge in [-0.25, -0.2) is 4.39 Å². The third-order valence-electron chi connectivity index (χ3n) is 5.58. The smallest absolute Gasteiger partial charge is 0.243 e. The van der Waals surface area contributed by atoms with E-state index >= 15 is 0 Å². The first-order valence-electron chi connectivity index (χ1n) is 10.7. The molecule has 4 rings (SSSR count). The summed E-state index contributed by atoms with van der Waals surface area (Å²) in [6.07, 6.45) is 0.0736. The Labute approximate surface area is 211 Å². The average molecular weight is 518 g/mol. The zero-order valence-corrected chi connectivity index (χ0v) is 20.2. The SMILES string of the molecule is COc1ccc(N2C[C@@H](C(=O)NNc3cc(Cl)ccc3OCc3c(F)cccc3Cl)CC2=O)cc1. The molecule has 0 aliphatic carbocycles. The van der Waals surface area contributed by atoms with Crippen LogP contribution in [-0.4, -0.2) is 25.5 Å². The number of hydrazine groups is 1. The number of rotatable bonds is 8. The van der Waals surface area contributed by atoms with E-state index in [0.717, 1.165) is 0 Å². The molecule has 2 N–H and O–H groups in total. The van der Waals surface area contributed by atoms with Crippen molar-refractivity contribution >= 4 is 46.4 Å². The molecule has 2 amide bonds. The lowest BCUT2D eigenvalue weighted by Gasteiger charge is -2.18. The Morgan fingerprint density at radius 2 is 1.91 bits per heavy atom. The van der Waals surface area contributed by atoms with Crippen molar-refractivity contribution in [2.24, 2.45) is 5.92 Å². The molecule has 0 unspecified atom stereocenters. The highest BCUT2D eigenvalue weighted by molar-refractivity contribution is 6.31. The number of benzene rings is 3. The first kappa shape index (κ1) is 24.6. The Balaban J connectivity index is 1.39. The fraction of sp³-hybridized carbons (Fsp3) is 0.200. The maximum absolute atomic E-state index is 14.1. The number of ether oxygens (including phenoxy) is 2. The highest BCUT2D eigenvalue weighted by Gasteiger charge is 2.35. The van der Waals surface area contributed by atoms with Crippen LogP contribution in [0.25, 0.3) is 0 Å². The summed E-state index contributed by atoms with van der Waals surface area (Å²) >= 11 is 12.2. The van der Waals surface area contributed by atoms with Gasteiger partial charge >= 0.3 is 0 Å². The molecule has 1 aliphatic rings. The van der Waals surface area contributed by atoms with Crippen molar-refractivity contribution < 1.29 is 23.5 Å². The number of nitrogens with one attached hydrogen (secondary N) is 2. The number of methoxy groups -OCH3 is 1. The summed E-state index contributed by atoms with van der Waals surface area (Å²) < 4.78 is 25.0. The van der Waals surface area contributed by atoms with Gasteiger partial charge in [0.2, 0.25) is 11.8 Å². The number of halogens is 3. The van der Waals surface area contributed by atoms with Gasteiger partial charge in [0, 0.05) is 29.2 Å². The molecule has 0 spiro atoms. The third-order valence-corrected chi connectivity index (χ3v) is 6.16. The van der Waals surface area contributed by atoms with Gasteiger partial charge in [-0.1, -0.05) is 29.3 Å². The molecular formula is C25H22Cl2FN3O4. The lowest BCUT2D eigenvalue weighted by atomic mass is 10.1. The Bertz CT molecular complexity index is 1220. The Hall–Kier alpha value is -3.49. The van der Waals surface area contributed by atoms with E-state index in [9.17, 15) is 14.0 Å². The van der Waals surface area contributed by atoms with E-state index in [0.29, 0.717) is 27.9 Å². The average Bonchev–Trinajstić information content (AvgIpc) is 3.25. The summed E-state index contributed by atoms with van der Waals surface area (Å²) in [4.78, 5) is 26.9. The number of amides is 2. The fourth-order valence-electron chi connectivity index (χ4n) is 3.67. The van der Waals surface area contributed by atoms with Gasteiger partial charge in [-0.3, -0.25) is 20.4 Å². The third kappa shape index (κ3) is 5.78. The van der Waals surface area contributed by atoms with Crippen molar-refractivity contribution in [3.05, 3.63) is 82.1 Å². The van der Waals surface area contributed by atoms with E-state index in [2.05, 4.69) is 10.9 Å². The summed E-state index contributed by atoms with van der Waals surface area (Å²) in [5.41, 5.74) is 6.68. The van der Waals surface area contributed by atoms with Crippen LogP contribution in [0.3, 0.4) is 0 Å². The zero-order chi connectivity index (χ0) is 24.9. The Morgan fingerprint density at radius 3 is 2.63 bits per heavy atom. The van der Waals surface area contributed by atoms with Gasteiger partial charge < -0.3 is 14.4 Å². The predicted molar refractivity (Wildman–Crippen MR) is 132 cm³/mol. The molecule has 1 heterocycles. The summed E-state index contributed by atoms with van der Waals surface area (Å²) in [6.45, 7) is 0.118. The number of carbonyl (C=O) groups is 2. The summed E-state index contributed by atoms with van der Waals surface area (Å²) in [6, 6.07) is 16.2.